The number of nitrogens with zero attached hydrogens (tertiary/aromatic N) is 2. The summed E-state index contributed by atoms with van der Waals surface area (Å²) in [6, 6.07) is 11.3. The number of ether oxygens (including phenoxy) is 1. The molecule has 5 N–H and O–H groups in total. The first-order chi connectivity index (χ1) is 16.3. The Kier molecular flexibility index (Phi) is 6.65. The van der Waals surface area contributed by atoms with Crippen LogP contribution in [0.5, 0.6) is 0 Å². The number of hydrogen-bond acceptors (Lipinski definition) is 5. The Balaban J connectivity index is 1.53. The number of nitrogens with two attached hydrogens (primary N) is 2. The van der Waals surface area contributed by atoms with Crippen molar-refractivity contribution in [1.82, 2.24) is 15.1 Å². The lowest BCUT2D eigenvalue weighted by Crippen LogP contribution is -2.23. The predicted molar refractivity (Wildman–Crippen MR) is 127 cm³/mol. The van der Waals surface area contributed by atoms with E-state index in [1.165, 1.54) is 12.1 Å². The van der Waals surface area contributed by atoms with E-state index in [1.807, 2.05) is 19.1 Å². The zero-order valence-corrected chi connectivity index (χ0v) is 19.2. The van der Waals surface area contributed by atoms with Crippen LogP contribution in [-0.2, 0) is 11.3 Å². The number of carbonyl (C=O) groups is 2. The van der Waals surface area contributed by atoms with Gasteiger partial charge < -0.3 is 21.5 Å². The molecule has 1 aliphatic heterocycles. The molecule has 4 rings (SSSR count). The Morgan fingerprint density at radius 1 is 1.26 bits per heavy atom. The third-order valence-corrected chi connectivity index (χ3v) is 6.35. The first-order valence-corrected chi connectivity index (χ1v) is 11.2. The molecule has 9 heteroatoms. The molecule has 0 aliphatic carbocycles. The first kappa shape index (κ1) is 23.4. The number of hydrogen-bond donors (Lipinski definition) is 3. The fourth-order valence-corrected chi connectivity index (χ4v) is 4.23. The molecule has 2 heterocycles. The van der Waals surface area contributed by atoms with Crippen molar-refractivity contribution >= 4 is 17.6 Å². The van der Waals surface area contributed by atoms with Crippen molar-refractivity contribution < 1.29 is 18.7 Å². The van der Waals surface area contributed by atoms with E-state index in [0.29, 0.717) is 35.6 Å². The second-order valence-electron chi connectivity index (χ2n) is 8.62. The van der Waals surface area contributed by atoms with Crippen LogP contribution in [0.2, 0.25) is 0 Å². The van der Waals surface area contributed by atoms with E-state index in [4.69, 9.17) is 16.2 Å². The van der Waals surface area contributed by atoms with Crippen molar-refractivity contribution in [1.29, 1.82) is 0 Å². The SMILES string of the molecule is Cc1ccc(F)cc1C(=O)NCc1ccc(-c2nn(C(C)C3CCOC3)c(N)c2C(N)=O)cc1. The van der Waals surface area contributed by atoms with Crippen LogP contribution in [0.4, 0.5) is 10.2 Å². The Bertz CT molecular complexity index is 1220. The Morgan fingerprint density at radius 3 is 2.65 bits per heavy atom. The smallest absolute Gasteiger partial charge is 0.254 e. The summed E-state index contributed by atoms with van der Waals surface area (Å²) in [5.41, 5.74) is 15.0. The second-order valence-corrected chi connectivity index (χ2v) is 8.62. The molecule has 2 amide bonds. The molecule has 2 atom stereocenters. The van der Waals surface area contributed by atoms with Crippen LogP contribution in [0.15, 0.2) is 42.5 Å². The molecule has 3 aromatic rings. The van der Waals surface area contributed by atoms with Gasteiger partial charge in [0, 0.05) is 30.2 Å². The molecule has 2 unspecified atom stereocenters. The summed E-state index contributed by atoms with van der Waals surface area (Å²) in [4.78, 5) is 24.6. The maximum absolute atomic E-state index is 13.5. The van der Waals surface area contributed by atoms with Gasteiger partial charge in [-0.05, 0) is 43.5 Å². The molecule has 2 aromatic carbocycles. The minimum Gasteiger partial charge on any atom is -0.383 e. The van der Waals surface area contributed by atoms with Gasteiger partial charge in [-0.3, -0.25) is 9.59 Å². The van der Waals surface area contributed by atoms with Crippen molar-refractivity contribution in [3.63, 3.8) is 0 Å². The highest BCUT2D eigenvalue weighted by molar-refractivity contribution is 6.03. The van der Waals surface area contributed by atoms with Gasteiger partial charge in [0.2, 0.25) is 0 Å². The molecule has 1 fully saturated rings. The highest BCUT2D eigenvalue weighted by Gasteiger charge is 2.29. The van der Waals surface area contributed by atoms with Crippen LogP contribution in [0.3, 0.4) is 0 Å². The lowest BCUT2D eigenvalue weighted by Gasteiger charge is -2.19. The molecule has 0 bridgehead atoms. The molecule has 0 radical (unpaired) electrons. The van der Waals surface area contributed by atoms with Gasteiger partial charge in [0.25, 0.3) is 11.8 Å². The number of halogens is 1. The number of primary amides is 1. The summed E-state index contributed by atoms with van der Waals surface area (Å²) in [6.07, 6.45) is 0.900. The number of nitrogens with one attached hydrogen (secondary N) is 1. The minimum atomic E-state index is -0.643. The van der Waals surface area contributed by atoms with Gasteiger partial charge in [0.1, 0.15) is 22.9 Å². The number of nitrogen functional groups attached to an aromatic ring is 1. The van der Waals surface area contributed by atoms with Crippen LogP contribution in [0, 0.1) is 18.7 Å². The Morgan fingerprint density at radius 2 is 2.00 bits per heavy atom. The van der Waals surface area contributed by atoms with E-state index in [-0.39, 0.29) is 35.8 Å². The van der Waals surface area contributed by atoms with Gasteiger partial charge in [0.05, 0.1) is 12.6 Å². The lowest BCUT2D eigenvalue weighted by atomic mass is 10.0. The molecule has 1 saturated heterocycles. The molecular formula is C25H28FN5O3. The number of aryl methyl sites for hydroxylation is 1. The summed E-state index contributed by atoms with van der Waals surface area (Å²) in [5, 5.41) is 7.44. The van der Waals surface area contributed by atoms with Gasteiger partial charge in [-0.25, -0.2) is 9.07 Å². The minimum absolute atomic E-state index is 0.0462. The van der Waals surface area contributed by atoms with E-state index in [1.54, 1.807) is 29.8 Å². The number of anilines is 1. The maximum Gasteiger partial charge on any atom is 0.254 e. The van der Waals surface area contributed by atoms with Crippen molar-refractivity contribution in [2.24, 2.45) is 11.7 Å². The van der Waals surface area contributed by atoms with Gasteiger partial charge in [-0.2, -0.15) is 5.10 Å². The van der Waals surface area contributed by atoms with Crippen LogP contribution in [0.25, 0.3) is 11.3 Å². The Hall–Kier alpha value is -3.72. The second kappa shape index (κ2) is 9.64. The molecule has 1 aromatic heterocycles. The van der Waals surface area contributed by atoms with Crippen molar-refractivity contribution in [3.8, 4) is 11.3 Å². The summed E-state index contributed by atoms with van der Waals surface area (Å²) >= 11 is 0. The van der Waals surface area contributed by atoms with Gasteiger partial charge >= 0.3 is 0 Å². The highest BCUT2D eigenvalue weighted by Crippen LogP contribution is 2.33. The normalized spacial score (nSPS) is 16.4. The fourth-order valence-electron chi connectivity index (χ4n) is 4.23. The van der Waals surface area contributed by atoms with E-state index in [9.17, 15) is 14.0 Å². The Labute approximate surface area is 197 Å². The monoisotopic (exact) mass is 465 g/mol. The van der Waals surface area contributed by atoms with Crippen molar-refractivity contribution in [2.75, 3.05) is 18.9 Å². The van der Waals surface area contributed by atoms with E-state index < -0.39 is 11.7 Å². The van der Waals surface area contributed by atoms with E-state index >= 15 is 0 Å². The van der Waals surface area contributed by atoms with Crippen LogP contribution < -0.4 is 16.8 Å². The number of aromatic nitrogens is 2. The zero-order chi connectivity index (χ0) is 24.4. The molecule has 8 nitrogen and oxygen atoms in total. The topological polar surface area (TPSA) is 125 Å². The molecule has 1 aliphatic rings. The summed E-state index contributed by atoms with van der Waals surface area (Å²) in [5.74, 6) is -0.963. The van der Waals surface area contributed by atoms with Gasteiger partial charge in [-0.15, -0.1) is 0 Å². The molecule has 178 valence electrons. The lowest BCUT2D eigenvalue weighted by molar-refractivity contribution is 0.0948. The molecule has 0 spiro atoms. The third kappa shape index (κ3) is 4.65. The molecule has 0 saturated carbocycles. The van der Waals surface area contributed by atoms with E-state index in [2.05, 4.69) is 10.4 Å². The maximum atomic E-state index is 13.5. The number of carbonyl (C=O) groups excluding carboxylic acids is 2. The summed E-state index contributed by atoms with van der Waals surface area (Å²) in [6.45, 7) is 5.33. The summed E-state index contributed by atoms with van der Waals surface area (Å²) < 4.78 is 20.6. The standard InChI is InChI=1S/C25H28FN5O3/c1-14-3-8-19(26)11-20(14)25(33)29-12-16-4-6-17(7-5-16)22-21(24(28)32)23(27)31(30-22)15(2)18-9-10-34-13-18/h3-8,11,15,18H,9-10,12-13,27H2,1-2H3,(H2,28,32)(H,29,33). The van der Waals surface area contributed by atoms with Crippen LogP contribution in [-0.4, -0.2) is 34.8 Å². The quantitative estimate of drug-likeness (QED) is 0.494. The van der Waals surface area contributed by atoms with Crippen LogP contribution >= 0.6 is 0 Å². The van der Waals surface area contributed by atoms with Gasteiger partial charge in [-0.1, -0.05) is 30.3 Å². The average Bonchev–Trinajstić information content (AvgIpc) is 3.47. The van der Waals surface area contributed by atoms with Crippen molar-refractivity contribution in [2.45, 2.75) is 32.9 Å². The fraction of sp³-hybridized carbons (Fsp3) is 0.320. The van der Waals surface area contributed by atoms with E-state index in [0.717, 1.165) is 12.0 Å². The average molecular weight is 466 g/mol. The number of amides is 2. The van der Waals surface area contributed by atoms with Crippen molar-refractivity contribution in [3.05, 3.63) is 70.5 Å². The van der Waals surface area contributed by atoms with Gasteiger partial charge in [0.15, 0.2) is 0 Å². The molecular weight excluding hydrogens is 437 g/mol. The largest absolute Gasteiger partial charge is 0.383 e. The predicted octanol–water partition coefficient (Wildman–Crippen LogP) is 3.21. The number of rotatable bonds is 7. The highest BCUT2D eigenvalue weighted by atomic mass is 19.1. The number of benzene rings is 2. The first-order valence-electron chi connectivity index (χ1n) is 11.2. The summed E-state index contributed by atoms with van der Waals surface area (Å²) in [7, 11) is 0. The zero-order valence-electron chi connectivity index (χ0n) is 19.2. The molecule has 34 heavy (non-hydrogen) atoms. The van der Waals surface area contributed by atoms with Crippen LogP contribution in [0.1, 0.15) is 51.2 Å². The third-order valence-electron chi connectivity index (χ3n) is 6.35.